The highest BCUT2D eigenvalue weighted by Gasteiger charge is 2.38. The van der Waals surface area contributed by atoms with Crippen LogP contribution < -0.4 is 4.90 Å². The molecule has 31 heavy (non-hydrogen) atoms. The second-order valence-electron chi connectivity index (χ2n) is 7.57. The SMILES string of the molecule is CC(C)(Sc1ccc(F)c(N2C(=O)Cc3csc(C(=O)O)c3C2=O)c1)c1ccccc1. The molecule has 1 aliphatic rings. The molecule has 0 saturated carbocycles. The molecule has 0 unspecified atom stereocenters. The summed E-state index contributed by atoms with van der Waals surface area (Å²) in [6.07, 6.45) is -0.156. The molecule has 1 aliphatic heterocycles. The van der Waals surface area contributed by atoms with Crippen LogP contribution in [-0.2, 0) is 16.0 Å². The lowest BCUT2D eigenvalue weighted by molar-refractivity contribution is -0.117. The maximum atomic E-state index is 14.7. The number of halogens is 1. The van der Waals surface area contributed by atoms with Gasteiger partial charge in [-0.1, -0.05) is 30.3 Å². The first-order valence-corrected chi connectivity index (χ1v) is 11.1. The Bertz CT molecular complexity index is 1200. The average Bonchev–Trinajstić information content (AvgIpc) is 3.15. The van der Waals surface area contributed by atoms with E-state index in [1.807, 2.05) is 44.2 Å². The van der Waals surface area contributed by atoms with E-state index in [0.717, 1.165) is 21.8 Å². The number of carbonyl (C=O) groups is 3. The summed E-state index contributed by atoms with van der Waals surface area (Å²) >= 11 is 2.37. The molecule has 0 atom stereocenters. The van der Waals surface area contributed by atoms with E-state index in [9.17, 15) is 23.9 Å². The van der Waals surface area contributed by atoms with Gasteiger partial charge in [0.1, 0.15) is 10.7 Å². The normalized spacial score (nSPS) is 14.0. The van der Waals surface area contributed by atoms with Crippen LogP contribution in [0.5, 0.6) is 0 Å². The van der Waals surface area contributed by atoms with Gasteiger partial charge in [-0.3, -0.25) is 9.59 Å². The van der Waals surface area contributed by atoms with Crippen molar-refractivity contribution in [3.63, 3.8) is 0 Å². The van der Waals surface area contributed by atoms with Gasteiger partial charge in [0, 0.05) is 9.64 Å². The van der Waals surface area contributed by atoms with Gasteiger partial charge in [0.05, 0.1) is 17.7 Å². The Balaban J connectivity index is 1.72. The average molecular weight is 456 g/mol. The molecule has 0 fully saturated rings. The summed E-state index contributed by atoms with van der Waals surface area (Å²) in [5.41, 5.74) is 1.23. The molecule has 5 nitrogen and oxygen atoms in total. The molecule has 1 aromatic heterocycles. The summed E-state index contributed by atoms with van der Waals surface area (Å²) in [5.74, 6) is -3.37. The molecule has 0 bridgehead atoms. The third kappa shape index (κ3) is 3.88. The van der Waals surface area contributed by atoms with Gasteiger partial charge >= 0.3 is 5.97 Å². The number of nitrogens with zero attached hydrogens (tertiary/aromatic N) is 1. The monoisotopic (exact) mass is 455 g/mol. The van der Waals surface area contributed by atoms with Crippen LogP contribution in [0.25, 0.3) is 0 Å². The zero-order valence-electron chi connectivity index (χ0n) is 16.7. The molecule has 3 aromatic rings. The molecule has 8 heteroatoms. The topological polar surface area (TPSA) is 74.7 Å². The van der Waals surface area contributed by atoms with Gasteiger partial charge in [0.2, 0.25) is 5.91 Å². The van der Waals surface area contributed by atoms with Gasteiger partial charge in [0.25, 0.3) is 5.91 Å². The van der Waals surface area contributed by atoms with Gasteiger partial charge in [-0.25, -0.2) is 14.1 Å². The molecule has 2 heterocycles. The van der Waals surface area contributed by atoms with Crippen molar-refractivity contribution in [1.82, 2.24) is 0 Å². The van der Waals surface area contributed by atoms with Crippen molar-refractivity contribution in [3.05, 3.63) is 81.3 Å². The number of imide groups is 1. The predicted octanol–water partition coefficient (Wildman–Crippen LogP) is 5.34. The number of carboxylic acid groups (broad SMARTS) is 1. The largest absolute Gasteiger partial charge is 0.477 e. The van der Waals surface area contributed by atoms with Crippen LogP contribution in [0, 0.1) is 5.82 Å². The van der Waals surface area contributed by atoms with Gasteiger partial charge < -0.3 is 5.11 Å². The fourth-order valence-electron chi connectivity index (χ4n) is 3.55. The molecule has 158 valence electrons. The number of hydrogen-bond donors (Lipinski definition) is 1. The lowest BCUT2D eigenvalue weighted by Gasteiger charge is -2.28. The molecular formula is C23H18FNO4S2. The number of hydrogen-bond acceptors (Lipinski definition) is 5. The van der Waals surface area contributed by atoms with Gasteiger partial charge in [-0.05, 0) is 48.6 Å². The lowest BCUT2D eigenvalue weighted by Crippen LogP contribution is -2.43. The Hall–Kier alpha value is -2.97. The molecule has 2 aromatic carbocycles. The Morgan fingerprint density at radius 3 is 2.55 bits per heavy atom. The van der Waals surface area contributed by atoms with Crippen LogP contribution in [-0.4, -0.2) is 22.9 Å². The second-order valence-corrected chi connectivity index (χ2v) is 10.1. The van der Waals surface area contributed by atoms with Crippen molar-refractivity contribution >= 4 is 46.6 Å². The highest BCUT2D eigenvalue weighted by molar-refractivity contribution is 8.00. The molecule has 0 aliphatic carbocycles. The second kappa shape index (κ2) is 7.94. The maximum absolute atomic E-state index is 14.7. The van der Waals surface area contributed by atoms with E-state index in [1.54, 1.807) is 6.07 Å². The minimum Gasteiger partial charge on any atom is -0.477 e. The van der Waals surface area contributed by atoms with Gasteiger partial charge in [-0.2, -0.15) is 0 Å². The number of rotatable bonds is 5. The van der Waals surface area contributed by atoms with Crippen molar-refractivity contribution in [3.8, 4) is 0 Å². The number of thioether (sulfide) groups is 1. The molecule has 0 saturated heterocycles. The van der Waals surface area contributed by atoms with E-state index in [2.05, 4.69) is 0 Å². The Morgan fingerprint density at radius 1 is 1.16 bits per heavy atom. The van der Waals surface area contributed by atoms with Gasteiger partial charge in [-0.15, -0.1) is 23.1 Å². The Kier molecular flexibility index (Phi) is 5.45. The molecule has 0 radical (unpaired) electrons. The molecule has 4 rings (SSSR count). The van der Waals surface area contributed by atoms with Crippen molar-refractivity contribution in [1.29, 1.82) is 0 Å². The number of benzene rings is 2. The fourth-order valence-corrected chi connectivity index (χ4v) is 5.59. The van der Waals surface area contributed by atoms with Crippen LogP contribution in [0.3, 0.4) is 0 Å². The number of carbonyl (C=O) groups excluding carboxylic acids is 2. The first kappa shape index (κ1) is 21.3. The number of amides is 2. The third-order valence-corrected chi connectivity index (χ3v) is 7.32. The summed E-state index contributed by atoms with van der Waals surface area (Å²) in [5, 5.41) is 10.9. The number of anilines is 1. The number of thiophene rings is 1. The lowest BCUT2D eigenvalue weighted by atomic mass is 10.0. The highest BCUT2D eigenvalue weighted by atomic mass is 32.2. The molecule has 0 spiro atoms. The molecular weight excluding hydrogens is 437 g/mol. The zero-order valence-corrected chi connectivity index (χ0v) is 18.3. The van der Waals surface area contributed by atoms with Crippen molar-refractivity contribution in [2.24, 2.45) is 0 Å². The predicted molar refractivity (Wildman–Crippen MR) is 119 cm³/mol. The smallest absolute Gasteiger partial charge is 0.346 e. The van der Waals surface area contributed by atoms with Crippen LogP contribution in [0.15, 0.2) is 58.8 Å². The van der Waals surface area contributed by atoms with Crippen molar-refractivity contribution in [2.75, 3.05) is 4.90 Å². The van der Waals surface area contributed by atoms with E-state index >= 15 is 0 Å². The van der Waals surface area contributed by atoms with Crippen LogP contribution in [0.4, 0.5) is 10.1 Å². The van der Waals surface area contributed by atoms with E-state index in [4.69, 9.17) is 0 Å². The number of aromatic carboxylic acids is 1. The van der Waals surface area contributed by atoms with Gasteiger partial charge in [0.15, 0.2) is 0 Å². The molecule has 1 N–H and O–H groups in total. The summed E-state index contributed by atoms with van der Waals surface area (Å²) in [7, 11) is 0. The van der Waals surface area contributed by atoms with Crippen molar-refractivity contribution in [2.45, 2.75) is 29.9 Å². The van der Waals surface area contributed by atoms with Crippen LogP contribution >= 0.6 is 23.1 Å². The number of carboxylic acids is 1. The van der Waals surface area contributed by atoms with E-state index < -0.39 is 23.6 Å². The summed E-state index contributed by atoms with van der Waals surface area (Å²) in [6, 6.07) is 14.1. The van der Waals surface area contributed by atoms with Crippen LogP contribution in [0.1, 0.15) is 45.0 Å². The van der Waals surface area contributed by atoms with Crippen LogP contribution in [0.2, 0.25) is 0 Å². The number of fused-ring (bicyclic) bond motifs is 1. The summed E-state index contributed by atoms with van der Waals surface area (Å²) in [6.45, 7) is 4.06. The summed E-state index contributed by atoms with van der Waals surface area (Å²) in [4.78, 5) is 38.6. The quantitative estimate of drug-likeness (QED) is 0.415. The minimum absolute atomic E-state index is 0.0424. The van der Waals surface area contributed by atoms with E-state index in [1.165, 1.54) is 29.3 Å². The first-order valence-electron chi connectivity index (χ1n) is 9.44. The fraction of sp³-hybridized carbons (Fsp3) is 0.174. The standard InChI is InChI=1S/C23H18FNO4S2/c1-23(2,14-6-4-3-5-7-14)31-15-8-9-16(24)17(11-15)25-18(26)10-13-12-30-20(22(28)29)19(13)21(25)27/h3-9,11-12H,10H2,1-2H3,(H,28,29). The highest BCUT2D eigenvalue weighted by Crippen LogP contribution is 2.42. The van der Waals surface area contributed by atoms with E-state index in [0.29, 0.717) is 10.5 Å². The van der Waals surface area contributed by atoms with Crippen molar-refractivity contribution < 1.29 is 23.9 Å². The molecule has 2 amide bonds. The Morgan fingerprint density at radius 2 is 1.87 bits per heavy atom. The maximum Gasteiger partial charge on any atom is 0.346 e. The zero-order chi connectivity index (χ0) is 22.3. The summed E-state index contributed by atoms with van der Waals surface area (Å²) < 4.78 is 14.4. The first-order chi connectivity index (χ1) is 14.7. The minimum atomic E-state index is -1.25. The third-order valence-electron chi connectivity index (χ3n) is 5.07. The van der Waals surface area contributed by atoms with E-state index in [-0.39, 0.29) is 27.3 Å². The Labute approximate surface area is 186 Å².